The lowest BCUT2D eigenvalue weighted by atomic mass is 10.1. The van der Waals surface area contributed by atoms with Crippen molar-refractivity contribution in [3.05, 3.63) is 18.0 Å². The Morgan fingerprint density at radius 3 is 2.82 bits per heavy atom. The number of amides is 1. The van der Waals surface area contributed by atoms with Gasteiger partial charge in [0.1, 0.15) is 0 Å². The number of hydrogen-bond acceptors (Lipinski definition) is 2. The van der Waals surface area contributed by atoms with Crippen LogP contribution in [0.2, 0.25) is 0 Å². The van der Waals surface area contributed by atoms with E-state index in [0.29, 0.717) is 11.8 Å². The van der Waals surface area contributed by atoms with Gasteiger partial charge in [-0.1, -0.05) is 12.8 Å². The van der Waals surface area contributed by atoms with Crippen molar-refractivity contribution in [1.82, 2.24) is 15.1 Å². The molecule has 1 aliphatic heterocycles. The van der Waals surface area contributed by atoms with Crippen LogP contribution in [0.15, 0.2) is 12.3 Å². The Kier molecular flexibility index (Phi) is 2.87. The molecule has 17 heavy (non-hydrogen) atoms. The van der Waals surface area contributed by atoms with Crippen molar-refractivity contribution < 1.29 is 4.79 Å². The van der Waals surface area contributed by atoms with E-state index >= 15 is 0 Å². The summed E-state index contributed by atoms with van der Waals surface area (Å²) in [6.45, 7) is 0.916. The van der Waals surface area contributed by atoms with Crippen LogP contribution in [0.1, 0.15) is 50.3 Å². The summed E-state index contributed by atoms with van der Waals surface area (Å²) in [7, 11) is 0. The van der Waals surface area contributed by atoms with Crippen LogP contribution in [0.4, 0.5) is 0 Å². The molecule has 1 amide bonds. The maximum Gasteiger partial charge on any atom is 0.226 e. The molecule has 1 saturated heterocycles. The van der Waals surface area contributed by atoms with Crippen molar-refractivity contribution in [3.63, 3.8) is 0 Å². The van der Waals surface area contributed by atoms with Crippen molar-refractivity contribution >= 4 is 5.91 Å². The van der Waals surface area contributed by atoms with Crippen molar-refractivity contribution in [1.29, 1.82) is 0 Å². The van der Waals surface area contributed by atoms with Crippen molar-refractivity contribution in [2.75, 3.05) is 6.54 Å². The van der Waals surface area contributed by atoms with E-state index in [-0.39, 0.29) is 6.04 Å². The Hall–Kier alpha value is -1.32. The molecule has 0 radical (unpaired) electrons. The first-order valence-electron chi connectivity index (χ1n) is 6.66. The Morgan fingerprint density at radius 2 is 2.12 bits per heavy atom. The second-order valence-corrected chi connectivity index (χ2v) is 5.18. The molecule has 92 valence electrons. The van der Waals surface area contributed by atoms with E-state index in [2.05, 4.69) is 15.1 Å². The quantitative estimate of drug-likeness (QED) is 0.851. The SMILES string of the molecule is O=C(C1CCCC1)N1CCC[C@@H]1c1ccn[nH]1. The Labute approximate surface area is 101 Å². The van der Waals surface area contributed by atoms with E-state index in [1.807, 2.05) is 6.07 Å². The van der Waals surface area contributed by atoms with Gasteiger partial charge in [-0.2, -0.15) is 5.10 Å². The van der Waals surface area contributed by atoms with Crippen LogP contribution in [-0.2, 0) is 4.79 Å². The second-order valence-electron chi connectivity index (χ2n) is 5.18. The van der Waals surface area contributed by atoms with Crippen LogP contribution >= 0.6 is 0 Å². The van der Waals surface area contributed by atoms with Crippen LogP contribution in [-0.4, -0.2) is 27.5 Å². The summed E-state index contributed by atoms with van der Waals surface area (Å²) < 4.78 is 0. The van der Waals surface area contributed by atoms with Gasteiger partial charge in [0.05, 0.1) is 11.7 Å². The van der Waals surface area contributed by atoms with Crippen molar-refractivity contribution in [2.45, 2.75) is 44.6 Å². The highest BCUT2D eigenvalue weighted by Gasteiger charge is 2.35. The first kappa shape index (κ1) is 10.8. The van der Waals surface area contributed by atoms with Gasteiger partial charge in [0, 0.05) is 18.7 Å². The highest BCUT2D eigenvalue weighted by molar-refractivity contribution is 5.79. The van der Waals surface area contributed by atoms with Gasteiger partial charge in [0.25, 0.3) is 0 Å². The van der Waals surface area contributed by atoms with Gasteiger partial charge >= 0.3 is 0 Å². The van der Waals surface area contributed by atoms with Gasteiger partial charge < -0.3 is 4.90 Å². The number of likely N-dealkylation sites (tertiary alicyclic amines) is 1. The molecule has 1 aromatic heterocycles. The largest absolute Gasteiger partial charge is 0.334 e. The third kappa shape index (κ3) is 1.96. The molecule has 0 bridgehead atoms. The smallest absolute Gasteiger partial charge is 0.226 e. The number of aromatic nitrogens is 2. The molecule has 0 unspecified atom stereocenters. The fraction of sp³-hybridized carbons (Fsp3) is 0.692. The third-order valence-electron chi connectivity index (χ3n) is 4.12. The monoisotopic (exact) mass is 233 g/mol. The zero-order valence-electron chi connectivity index (χ0n) is 10.1. The van der Waals surface area contributed by atoms with E-state index in [1.54, 1.807) is 6.20 Å². The van der Waals surface area contributed by atoms with Gasteiger partial charge in [-0.05, 0) is 31.7 Å². The van der Waals surface area contributed by atoms with Gasteiger partial charge in [-0.15, -0.1) is 0 Å². The molecule has 1 aromatic rings. The first-order valence-corrected chi connectivity index (χ1v) is 6.66. The maximum atomic E-state index is 12.4. The second kappa shape index (κ2) is 4.51. The molecule has 2 aliphatic rings. The number of carbonyl (C=O) groups excluding carboxylic acids is 1. The van der Waals surface area contributed by atoms with Crippen LogP contribution < -0.4 is 0 Å². The lowest BCUT2D eigenvalue weighted by Gasteiger charge is -2.26. The molecule has 2 heterocycles. The maximum absolute atomic E-state index is 12.4. The van der Waals surface area contributed by atoms with E-state index in [9.17, 15) is 4.79 Å². The first-order chi connectivity index (χ1) is 8.36. The van der Waals surface area contributed by atoms with Crippen LogP contribution in [0.5, 0.6) is 0 Å². The summed E-state index contributed by atoms with van der Waals surface area (Å²) in [6.07, 6.45) is 8.57. The summed E-state index contributed by atoms with van der Waals surface area (Å²) >= 11 is 0. The predicted octanol–water partition coefficient (Wildman–Crippen LogP) is 2.26. The Balaban J connectivity index is 1.75. The van der Waals surface area contributed by atoms with Crippen molar-refractivity contribution in [3.8, 4) is 0 Å². The summed E-state index contributed by atoms with van der Waals surface area (Å²) in [5.41, 5.74) is 1.09. The molecule has 2 fully saturated rings. The molecule has 4 heteroatoms. The van der Waals surface area contributed by atoms with E-state index in [1.165, 1.54) is 12.8 Å². The number of hydrogen-bond donors (Lipinski definition) is 1. The standard InChI is InChI=1S/C13H19N3O/c17-13(10-4-1-2-5-10)16-9-3-6-12(16)11-7-8-14-15-11/h7-8,10,12H,1-6,9H2,(H,14,15)/t12-/m1/s1. The third-order valence-corrected chi connectivity index (χ3v) is 4.12. The average Bonchev–Trinajstić information content (AvgIpc) is 3.09. The Morgan fingerprint density at radius 1 is 1.29 bits per heavy atom. The minimum absolute atomic E-state index is 0.241. The highest BCUT2D eigenvalue weighted by Crippen LogP contribution is 2.35. The predicted molar refractivity (Wildman–Crippen MR) is 64.2 cm³/mol. The molecule has 1 atom stereocenters. The molecular weight excluding hydrogens is 214 g/mol. The summed E-state index contributed by atoms with van der Waals surface area (Å²) in [4.78, 5) is 14.5. The molecule has 0 aromatic carbocycles. The van der Waals surface area contributed by atoms with Crippen LogP contribution in [0.3, 0.4) is 0 Å². The molecule has 0 spiro atoms. The van der Waals surface area contributed by atoms with Crippen molar-refractivity contribution in [2.24, 2.45) is 5.92 Å². The van der Waals surface area contributed by atoms with Gasteiger partial charge in [0.2, 0.25) is 5.91 Å². The Bertz CT molecular complexity index is 381. The van der Waals surface area contributed by atoms with Gasteiger partial charge in [-0.25, -0.2) is 0 Å². The summed E-state index contributed by atoms with van der Waals surface area (Å²) in [5.74, 6) is 0.665. The zero-order chi connectivity index (χ0) is 11.7. The molecule has 1 saturated carbocycles. The highest BCUT2D eigenvalue weighted by atomic mass is 16.2. The van der Waals surface area contributed by atoms with Crippen LogP contribution in [0, 0.1) is 5.92 Å². The van der Waals surface area contributed by atoms with E-state index in [4.69, 9.17) is 0 Å². The number of H-pyrrole nitrogens is 1. The van der Waals surface area contributed by atoms with Crippen LogP contribution in [0.25, 0.3) is 0 Å². The molecule has 3 rings (SSSR count). The zero-order valence-corrected chi connectivity index (χ0v) is 10.1. The fourth-order valence-electron chi connectivity index (χ4n) is 3.21. The summed E-state index contributed by atoms with van der Waals surface area (Å²) in [6, 6.07) is 2.23. The minimum Gasteiger partial charge on any atom is -0.334 e. The van der Waals surface area contributed by atoms with E-state index < -0.39 is 0 Å². The molecular formula is C13H19N3O. The number of carbonyl (C=O) groups is 1. The molecule has 4 nitrogen and oxygen atoms in total. The molecule has 1 aliphatic carbocycles. The lowest BCUT2D eigenvalue weighted by molar-refractivity contribution is -0.136. The minimum atomic E-state index is 0.241. The number of aromatic amines is 1. The normalized spacial score (nSPS) is 25.6. The van der Waals surface area contributed by atoms with Gasteiger partial charge in [-0.3, -0.25) is 9.89 Å². The number of nitrogens with one attached hydrogen (secondary N) is 1. The average molecular weight is 233 g/mol. The number of nitrogens with zero attached hydrogens (tertiary/aromatic N) is 2. The molecule has 1 N–H and O–H groups in total. The van der Waals surface area contributed by atoms with E-state index in [0.717, 1.165) is 37.9 Å². The summed E-state index contributed by atoms with van der Waals surface area (Å²) in [5, 5.41) is 7.01. The number of rotatable bonds is 2. The lowest BCUT2D eigenvalue weighted by Crippen LogP contribution is -2.35. The topological polar surface area (TPSA) is 49.0 Å². The van der Waals surface area contributed by atoms with Gasteiger partial charge in [0.15, 0.2) is 0 Å². The fourth-order valence-corrected chi connectivity index (χ4v) is 3.21.